The minimum absolute atomic E-state index is 0.0185. The standard InChI is InChI=1S/C22H16F3N3O5S/c1-2-32-16-9-12(3-6-15(16)33-8-7-26)10-17-21(30)28(22(31)34-17)11-18(29)27-14-5-4-13(23)19(24)20(14)25/h3-6,9-10H,2,8,11H2,1H3,(H,27,29)/b17-10-. The molecule has 1 heterocycles. The van der Waals surface area contributed by atoms with E-state index in [2.05, 4.69) is 0 Å². The van der Waals surface area contributed by atoms with Crippen LogP contribution in [0.5, 0.6) is 11.5 Å². The van der Waals surface area contributed by atoms with Crippen LogP contribution in [0, 0.1) is 28.8 Å². The first-order valence-electron chi connectivity index (χ1n) is 9.70. The summed E-state index contributed by atoms with van der Waals surface area (Å²) in [5, 5.41) is 9.94. The topological polar surface area (TPSA) is 109 Å². The fourth-order valence-electron chi connectivity index (χ4n) is 2.86. The average molecular weight is 491 g/mol. The van der Waals surface area contributed by atoms with E-state index in [1.54, 1.807) is 25.1 Å². The predicted molar refractivity (Wildman–Crippen MR) is 116 cm³/mol. The monoisotopic (exact) mass is 491 g/mol. The Labute approximate surface area is 195 Å². The summed E-state index contributed by atoms with van der Waals surface area (Å²) in [5.41, 5.74) is -0.139. The lowest BCUT2D eigenvalue weighted by molar-refractivity contribution is -0.127. The number of rotatable bonds is 8. The normalized spacial score (nSPS) is 14.3. The summed E-state index contributed by atoms with van der Waals surface area (Å²) in [5.74, 6) is -5.88. The van der Waals surface area contributed by atoms with Crippen molar-refractivity contribution in [2.24, 2.45) is 0 Å². The van der Waals surface area contributed by atoms with Crippen molar-refractivity contribution >= 4 is 40.6 Å². The van der Waals surface area contributed by atoms with Gasteiger partial charge in [-0.05, 0) is 54.6 Å². The second-order valence-corrected chi connectivity index (χ2v) is 7.62. The van der Waals surface area contributed by atoms with Crippen molar-refractivity contribution in [2.75, 3.05) is 25.1 Å². The van der Waals surface area contributed by atoms with Gasteiger partial charge in [0.15, 0.2) is 35.6 Å². The Morgan fingerprint density at radius 2 is 1.91 bits per heavy atom. The molecule has 0 aliphatic carbocycles. The molecule has 176 valence electrons. The van der Waals surface area contributed by atoms with Crippen LogP contribution in [0.25, 0.3) is 6.08 Å². The van der Waals surface area contributed by atoms with Crippen LogP contribution >= 0.6 is 11.8 Å². The highest BCUT2D eigenvalue weighted by Gasteiger charge is 2.36. The number of imide groups is 1. The Morgan fingerprint density at radius 3 is 2.62 bits per heavy atom. The SMILES string of the molecule is CCOc1cc(/C=C2\SC(=O)N(CC(=O)Nc3ccc(F)c(F)c3F)C2=O)ccc1OCC#N. The van der Waals surface area contributed by atoms with Crippen molar-refractivity contribution in [2.45, 2.75) is 6.92 Å². The first-order chi connectivity index (χ1) is 16.2. The van der Waals surface area contributed by atoms with Crippen molar-refractivity contribution < 1.29 is 37.0 Å². The number of ether oxygens (including phenoxy) is 2. The largest absolute Gasteiger partial charge is 0.490 e. The molecule has 2 aromatic carbocycles. The molecule has 1 fully saturated rings. The molecule has 0 spiro atoms. The summed E-state index contributed by atoms with van der Waals surface area (Å²) in [4.78, 5) is 37.8. The van der Waals surface area contributed by atoms with E-state index in [0.717, 1.165) is 6.07 Å². The molecule has 1 N–H and O–H groups in total. The summed E-state index contributed by atoms with van der Waals surface area (Å²) < 4.78 is 50.9. The maximum atomic E-state index is 13.8. The summed E-state index contributed by atoms with van der Waals surface area (Å²) in [6.07, 6.45) is 1.41. The minimum atomic E-state index is -1.76. The third kappa shape index (κ3) is 5.49. The number of nitrogens with one attached hydrogen (secondary N) is 1. The molecule has 12 heteroatoms. The number of thioether (sulfide) groups is 1. The molecule has 3 rings (SSSR count). The Bertz CT molecular complexity index is 1230. The third-order valence-corrected chi connectivity index (χ3v) is 5.25. The molecule has 1 aliphatic rings. The van der Waals surface area contributed by atoms with Gasteiger partial charge >= 0.3 is 0 Å². The van der Waals surface area contributed by atoms with Crippen LogP contribution in [-0.4, -0.2) is 41.7 Å². The Hall–Kier alpha value is -3.98. The van der Waals surface area contributed by atoms with Crippen molar-refractivity contribution in [3.63, 3.8) is 0 Å². The first kappa shape index (κ1) is 24.7. The molecule has 0 radical (unpaired) electrons. The summed E-state index contributed by atoms with van der Waals surface area (Å²) in [7, 11) is 0. The highest BCUT2D eigenvalue weighted by Crippen LogP contribution is 2.34. The van der Waals surface area contributed by atoms with E-state index in [-0.39, 0.29) is 11.5 Å². The molecule has 0 aromatic heterocycles. The number of benzene rings is 2. The van der Waals surface area contributed by atoms with Crippen molar-refractivity contribution in [1.29, 1.82) is 5.26 Å². The lowest BCUT2D eigenvalue weighted by Crippen LogP contribution is -2.36. The maximum absolute atomic E-state index is 13.8. The van der Waals surface area contributed by atoms with Gasteiger partial charge in [0.2, 0.25) is 5.91 Å². The third-order valence-electron chi connectivity index (χ3n) is 4.34. The number of nitriles is 1. The number of hydrogen-bond acceptors (Lipinski definition) is 7. The predicted octanol–water partition coefficient (Wildman–Crippen LogP) is 4.08. The number of nitrogens with zero attached hydrogens (tertiary/aromatic N) is 2. The second-order valence-electron chi connectivity index (χ2n) is 6.62. The van der Waals surface area contributed by atoms with E-state index in [0.29, 0.717) is 46.4 Å². The zero-order valence-corrected chi connectivity index (χ0v) is 18.4. The second kappa shape index (κ2) is 10.8. The van der Waals surface area contributed by atoms with E-state index in [1.807, 2.05) is 11.4 Å². The fourth-order valence-corrected chi connectivity index (χ4v) is 3.69. The van der Waals surface area contributed by atoms with Crippen LogP contribution < -0.4 is 14.8 Å². The van der Waals surface area contributed by atoms with Crippen LogP contribution in [0.2, 0.25) is 0 Å². The Balaban J connectivity index is 1.74. The van der Waals surface area contributed by atoms with Crippen molar-refractivity contribution in [3.05, 3.63) is 58.3 Å². The molecule has 1 saturated heterocycles. The number of carbonyl (C=O) groups is 3. The van der Waals surface area contributed by atoms with Gasteiger partial charge < -0.3 is 14.8 Å². The number of anilines is 1. The summed E-state index contributed by atoms with van der Waals surface area (Å²) in [6.45, 7) is 1.13. The molecule has 0 bridgehead atoms. The van der Waals surface area contributed by atoms with E-state index in [4.69, 9.17) is 14.7 Å². The molecule has 34 heavy (non-hydrogen) atoms. The zero-order chi connectivity index (χ0) is 24.8. The van der Waals surface area contributed by atoms with Gasteiger partial charge in [0.1, 0.15) is 12.6 Å². The quantitative estimate of drug-likeness (QED) is 0.438. The molecule has 8 nitrogen and oxygen atoms in total. The average Bonchev–Trinajstić information content (AvgIpc) is 3.06. The molecule has 0 unspecified atom stereocenters. The summed E-state index contributed by atoms with van der Waals surface area (Å²) >= 11 is 0.590. The van der Waals surface area contributed by atoms with Gasteiger partial charge in [-0.1, -0.05) is 6.07 Å². The maximum Gasteiger partial charge on any atom is 0.294 e. The van der Waals surface area contributed by atoms with Crippen LogP contribution in [0.15, 0.2) is 35.2 Å². The van der Waals surface area contributed by atoms with Crippen molar-refractivity contribution in [1.82, 2.24) is 4.90 Å². The first-order valence-corrected chi connectivity index (χ1v) is 10.5. The van der Waals surface area contributed by atoms with Crippen LogP contribution in [0.4, 0.5) is 23.7 Å². The number of carbonyl (C=O) groups excluding carboxylic acids is 3. The molecular formula is C22H16F3N3O5S. The molecule has 0 atom stereocenters. The highest BCUT2D eigenvalue weighted by atomic mass is 32.2. The Kier molecular flexibility index (Phi) is 7.80. The van der Waals surface area contributed by atoms with Crippen molar-refractivity contribution in [3.8, 4) is 17.6 Å². The number of halogens is 3. The summed E-state index contributed by atoms with van der Waals surface area (Å²) in [6, 6.07) is 7.98. The van der Waals surface area contributed by atoms with Gasteiger partial charge in [-0.3, -0.25) is 19.3 Å². The van der Waals surface area contributed by atoms with Crippen LogP contribution in [0.3, 0.4) is 0 Å². The molecular weight excluding hydrogens is 475 g/mol. The lowest BCUT2D eigenvalue weighted by atomic mass is 10.2. The van der Waals surface area contributed by atoms with Gasteiger partial charge in [-0.25, -0.2) is 13.2 Å². The fraction of sp³-hybridized carbons (Fsp3) is 0.182. The molecule has 0 saturated carbocycles. The van der Waals surface area contributed by atoms with E-state index in [9.17, 15) is 27.6 Å². The number of amides is 3. The van der Waals surface area contributed by atoms with Gasteiger partial charge in [0.25, 0.3) is 11.1 Å². The minimum Gasteiger partial charge on any atom is -0.490 e. The molecule has 1 aliphatic heterocycles. The van der Waals surface area contributed by atoms with Crippen LogP contribution in [0.1, 0.15) is 12.5 Å². The molecule has 2 aromatic rings. The smallest absolute Gasteiger partial charge is 0.294 e. The Morgan fingerprint density at radius 1 is 1.15 bits per heavy atom. The highest BCUT2D eigenvalue weighted by molar-refractivity contribution is 8.18. The van der Waals surface area contributed by atoms with E-state index >= 15 is 0 Å². The van der Waals surface area contributed by atoms with Gasteiger partial charge in [0.05, 0.1) is 17.2 Å². The van der Waals surface area contributed by atoms with E-state index in [1.165, 1.54) is 6.08 Å². The molecule has 3 amide bonds. The van der Waals surface area contributed by atoms with Gasteiger partial charge in [-0.15, -0.1) is 0 Å². The van der Waals surface area contributed by atoms with Gasteiger partial charge in [-0.2, -0.15) is 5.26 Å². The number of hydrogen-bond donors (Lipinski definition) is 1. The van der Waals surface area contributed by atoms with Gasteiger partial charge in [0, 0.05) is 0 Å². The zero-order valence-electron chi connectivity index (χ0n) is 17.6. The van der Waals surface area contributed by atoms with E-state index < -0.39 is 46.7 Å². The van der Waals surface area contributed by atoms with Crippen LogP contribution in [-0.2, 0) is 9.59 Å². The lowest BCUT2D eigenvalue weighted by Gasteiger charge is -2.13.